The summed E-state index contributed by atoms with van der Waals surface area (Å²) >= 11 is 0. The number of carbonyl (C=O) groups is 2. The maximum atomic E-state index is 14.5. The number of carboxylic acids is 1. The number of carbonyl (C=O) groups excluding carboxylic acids is 1. The molecule has 3 aliphatic heterocycles. The van der Waals surface area contributed by atoms with Crippen LogP contribution in [0.15, 0.2) is 30.3 Å². The molecule has 2 aromatic rings. The average Bonchev–Trinajstić information content (AvgIpc) is 3.67. The smallest absolute Gasteiger partial charge is 0.308 e. The lowest BCUT2D eigenvalue weighted by molar-refractivity contribution is -0.143. The number of aryl methyl sites for hydroxylation is 1. The number of ether oxygens (including phenoxy) is 3. The number of hydrogen-bond acceptors (Lipinski definition) is 7. The van der Waals surface area contributed by atoms with Crippen molar-refractivity contribution in [2.24, 2.45) is 5.92 Å². The van der Waals surface area contributed by atoms with Gasteiger partial charge in [-0.1, -0.05) is 26.7 Å². The molecular weight excluding hydrogens is 591 g/mol. The Morgan fingerprint density at radius 1 is 1.09 bits per heavy atom. The monoisotopic (exact) mass is 640 g/mol. The van der Waals surface area contributed by atoms with Crippen molar-refractivity contribution < 1.29 is 38.4 Å². The number of likely N-dealkylation sites (tertiary alicyclic amines) is 1. The highest BCUT2D eigenvalue weighted by Crippen LogP contribution is 2.45. The Labute approximate surface area is 271 Å². The van der Waals surface area contributed by atoms with Crippen molar-refractivity contribution in [3.05, 3.63) is 52.8 Å². The highest BCUT2D eigenvalue weighted by Gasteiger charge is 2.48. The summed E-state index contributed by atoms with van der Waals surface area (Å²) in [5.41, 5.74) is 2.44. The minimum Gasteiger partial charge on any atom is -0.481 e. The lowest BCUT2D eigenvalue weighted by Gasteiger charge is -2.35. The Morgan fingerprint density at radius 3 is 2.52 bits per heavy atom. The molecule has 2 N–H and O–H groups in total. The molecule has 2 saturated heterocycles. The van der Waals surface area contributed by atoms with E-state index in [4.69, 9.17) is 14.2 Å². The minimum atomic E-state index is -0.918. The zero-order valence-corrected chi connectivity index (χ0v) is 27.4. The van der Waals surface area contributed by atoms with Gasteiger partial charge in [0.25, 0.3) is 0 Å². The SMILES string of the molecule is CCCC(CCC)N(C(=O)CN1C[C@H](c2cc(CO)c3c(c2)OCO3)[C@@H](C(=O)O)[C@@H]1CCC1CCCCO1)c1ccc(F)c(C)c1. The molecule has 252 valence electrons. The van der Waals surface area contributed by atoms with Crippen LogP contribution in [0.2, 0.25) is 0 Å². The standard InChI is InChI=1S/C36H49FN2O7/c1-4-8-26(9-5-2)39(27-11-13-30(37)23(3)16-27)33(41)20-38-19-29(24-17-25(21-40)35-32(18-24)45-22-46-35)34(36(42)43)31(38)14-12-28-10-6-7-15-44-28/h11,13,16-18,26,28-29,31,34,40H,4-10,12,14-15,19-22H2,1-3H3,(H,42,43)/t28?,29-,31+,34-/m1/s1. The second kappa shape index (κ2) is 15.6. The predicted molar refractivity (Wildman–Crippen MR) is 173 cm³/mol. The van der Waals surface area contributed by atoms with Crippen molar-refractivity contribution in [1.29, 1.82) is 0 Å². The van der Waals surface area contributed by atoms with Gasteiger partial charge in [-0.15, -0.1) is 0 Å². The summed E-state index contributed by atoms with van der Waals surface area (Å²) in [5.74, 6) is -1.61. The van der Waals surface area contributed by atoms with E-state index in [-0.39, 0.29) is 43.8 Å². The molecule has 9 nitrogen and oxygen atoms in total. The number of amides is 1. The summed E-state index contributed by atoms with van der Waals surface area (Å²) in [5, 5.41) is 20.8. The molecule has 0 radical (unpaired) electrons. The maximum absolute atomic E-state index is 14.5. The summed E-state index contributed by atoms with van der Waals surface area (Å²) in [7, 11) is 0. The van der Waals surface area contributed by atoms with Crippen LogP contribution >= 0.6 is 0 Å². The van der Waals surface area contributed by atoms with Gasteiger partial charge in [-0.25, -0.2) is 4.39 Å². The zero-order chi connectivity index (χ0) is 32.8. The minimum absolute atomic E-state index is 0.0359. The molecule has 0 spiro atoms. The fourth-order valence-corrected chi connectivity index (χ4v) is 7.68. The molecule has 5 rings (SSSR count). The second-order valence-electron chi connectivity index (χ2n) is 13.0. The van der Waals surface area contributed by atoms with E-state index >= 15 is 0 Å². The number of nitrogens with zero attached hydrogens (tertiary/aromatic N) is 2. The Hall–Kier alpha value is -3.21. The third-order valence-electron chi connectivity index (χ3n) is 9.90. The van der Waals surface area contributed by atoms with E-state index in [0.29, 0.717) is 54.3 Å². The summed E-state index contributed by atoms with van der Waals surface area (Å²) in [6, 6.07) is 7.99. The number of aliphatic hydroxyl groups is 1. The van der Waals surface area contributed by atoms with Crippen LogP contribution in [0.25, 0.3) is 0 Å². The topological polar surface area (TPSA) is 109 Å². The van der Waals surface area contributed by atoms with Crippen LogP contribution in [0.1, 0.15) is 94.2 Å². The van der Waals surface area contributed by atoms with Gasteiger partial charge >= 0.3 is 5.97 Å². The number of carboxylic acid groups (broad SMARTS) is 1. The van der Waals surface area contributed by atoms with Gasteiger partial charge in [0.2, 0.25) is 12.7 Å². The van der Waals surface area contributed by atoms with Crippen molar-refractivity contribution in [3.63, 3.8) is 0 Å². The Kier molecular flexibility index (Phi) is 11.6. The number of anilines is 1. The van der Waals surface area contributed by atoms with E-state index in [1.165, 1.54) is 6.07 Å². The highest BCUT2D eigenvalue weighted by atomic mass is 19.1. The first-order valence-corrected chi connectivity index (χ1v) is 17.0. The first-order chi connectivity index (χ1) is 22.2. The van der Waals surface area contributed by atoms with E-state index in [9.17, 15) is 24.2 Å². The van der Waals surface area contributed by atoms with Gasteiger partial charge in [-0.2, -0.15) is 0 Å². The maximum Gasteiger partial charge on any atom is 0.308 e. The van der Waals surface area contributed by atoms with Crippen LogP contribution in [-0.2, 0) is 20.9 Å². The number of rotatable bonds is 14. The molecule has 0 aliphatic carbocycles. The van der Waals surface area contributed by atoms with Crippen molar-refractivity contribution in [2.75, 3.05) is 31.4 Å². The molecule has 2 aromatic carbocycles. The zero-order valence-electron chi connectivity index (χ0n) is 27.4. The van der Waals surface area contributed by atoms with Crippen molar-refractivity contribution >= 4 is 17.6 Å². The first kappa shape index (κ1) is 34.1. The molecule has 2 fully saturated rings. The molecule has 46 heavy (non-hydrogen) atoms. The van der Waals surface area contributed by atoms with Crippen LogP contribution in [0.5, 0.6) is 11.5 Å². The molecule has 1 unspecified atom stereocenters. The van der Waals surface area contributed by atoms with Crippen LogP contribution in [0, 0.1) is 18.7 Å². The molecule has 4 atom stereocenters. The van der Waals surface area contributed by atoms with Gasteiger partial charge < -0.3 is 29.3 Å². The van der Waals surface area contributed by atoms with E-state index < -0.39 is 23.8 Å². The molecular formula is C36H49FN2O7. The largest absolute Gasteiger partial charge is 0.481 e. The Morgan fingerprint density at radius 2 is 1.87 bits per heavy atom. The average molecular weight is 641 g/mol. The Bertz CT molecular complexity index is 1360. The molecule has 0 aromatic heterocycles. The summed E-state index contributed by atoms with van der Waals surface area (Å²) in [4.78, 5) is 31.4. The van der Waals surface area contributed by atoms with Crippen molar-refractivity contribution in [3.8, 4) is 11.5 Å². The van der Waals surface area contributed by atoms with Gasteiger partial charge in [-0.3, -0.25) is 14.5 Å². The fraction of sp³-hybridized carbons (Fsp3) is 0.611. The van der Waals surface area contributed by atoms with Gasteiger partial charge in [0, 0.05) is 42.4 Å². The number of benzene rings is 2. The fourth-order valence-electron chi connectivity index (χ4n) is 7.68. The third-order valence-corrected chi connectivity index (χ3v) is 9.90. The normalized spacial score (nSPS) is 22.8. The van der Waals surface area contributed by atoms with E-state index in [1.807, 2.05) is 21.9 Å². The molecule has 0 bridgehead atoms. The quantitative estimate of drug-likeness (QED) is 0.252. The summed E-state index contributed by atoms with van der Waals surface area (Å²) in [6.07, 6.45) is 7.83. The summed E-state index contributed by atoms with van der Waals surface area (Å²) in [6.45, 7) is 6.77. The molecule has 3 heterocycles. The van der Waals surface area contributed by atoms with Crippen molar-refractivity contribution in [1.82, 2.24) is 4.90 Å². The Balaban J connectivity index is 1.49. The van der Waals surface area contributed by atoms with E-state index in [2.05, 4.69) is 13.8 Å². The third kappa shape index (κ3) is 7.50. The lowest BCUT2D eigenvalue weighted by Crippen LogP contribution is -2.48. The van der Waals surface area contributed by atoms with Crippen LogP contribution in [0.3, 0.4) is 0 Å². The van der Waals surface area contributed by atoms with Gasteiger partial charge in [0.1, 0.15) is 5.82 Å². The van der Waals surface area contributed by atoms with E-state index in [0.717, 1.165) is 50.5 Å². The van der Waals surface area contributed by atoms with Crippen LogP contribution < -0.4 is 14.4 Å². The molecule has 10 heteroatoms. The van der Waals surface area contributed by atoms with Crippen LogP contribution in [-0.4, -0.2) is 71.7 Å². The lowest BCUT2D eigenvalue weighted by atomic mass is 9.82. The molecule has 1 amide bonds. The van der Waals surface area contributed by atoms with Gasteiger partial charge in [0.05, 0.1) is 25.2 Å². The molecule has 3 aliphatic rings. The number of aliphatic carboxylic acids is 1. The second-order valence-corrected chi connectivity index (χ2v) is 13.0. The number of aliphatic hydroxyl groups excluding tert-OH is 1. The summed E-state index contributed by atoms with van der Waals surface area (Å²) < 4.78 is 31.6. The molecule has 0 saturated carbocycles. The van der Waals surface area contributed by atoms with E-state index in [1.54, 1.807) is 19.1 Å². The van der Waals surface area contributed by atoms with Gasteiger partial charge in [0.15, 0.2) is 11.5 Å². The van der Waals surface area contributed by atoms with Crippen LogP contribution in [0.4, 0.5) is 10.1 Å². The first-order valence-electron chi connectivity index (χ1n) is 17.0. The van der Waals surface area contributed by atoms with Gasteiger partial charge in [-0.05, 0) is 93.3 Å². The number of hydrogen-bond donors (Lipinski definition) is 2. The number of halogens is 1. The predicted octanol–water partition coefficient (Wildman–Crippen LogP) is 6.18. The number of fused-ring (bicyclic) bond motifs is 1. The highest BCUT2D eigenvalue weighted by molar-refractivity contribution is 5.95. The van der Waals surface area contributed by atoms with Crippen molar-refractivity contribution in [2.45, 2.75) is 109 Å².